The Morgan fingerprint density at radius 1 is 0.909 bits per heavy atom. The van der Waals surface area contributed by atoms with Gasteiger partial charge in [0, 0.05) is 32.7 Å². The van der Waals surface area contributed by atoms with Gasteiger partial charge in [-0.1, -0.05) is 30.3 Å². The molecule has 1 heterocycles. The molecular formula is C18H21N3O. The molecule has 0 saturated carbocycles. The number of rotatable bonds is 4. The molecule has 2 aromatic carbocycles. The Labute approximate surface area is 131 Å². The van der Waals surface area contributed by atoms with Crippen molar-refractivity contribution in [2.75, 3.05) is 26.2 Å². The molecule has 22 heavy (non-hydrogen) atoms. The topological polar surface area (TPSA) is 39.1 Å². The quantitative estimate of drug-likeness (QED) is 0.881. The summed E-state index contributed by atoms with van der Waals surface area (Å²) in [6, 6.07) is 17.7. The SMILES string of the molecule is Oc1ccc(/C=N\N2CCN(Cc3ccccc3)CC2)cc1. The Bertz CT molecular complexity index is 602. The molecule has 2 aromatic rings. The fourth-order valence-corrected chi connectivity index (χ4v) is 2.56. The van der Waals surface area contributed by atoms with Crippen LogP contribution >= 0.6 is 0 Å². The fraction of sp³-hybridized carbons (Fsp3) is 0.278. The number of hydrogen-bond donors (Lipinski definition) is 1. The van der Waals surface area contributed by atoms with E-state index in [1.807, 2.05) is 18.3 Å². The maximum atomic E-state index is 9.26. The number of phenols is 1. The summed E-state index contributed by atoms with van der Waals surface area (Å²) in [5, 5.41) is 15.9. The third-order valence-electron chi connectivity index (χ3n) is 3.86. The van der Waals surface area contributed by atoms with Crippen molar-refractivity contribution in [1.82, 2.24) is 9.91 Å². The van der Waals surface area contributed by atoms with Gasteiger partial charge in [-0.15, -0.1) is 0 Å². The van der Waals surface area contributed by atoms with Crippen LogP contribution in [-0.2, 0) is 6.54 Å². The highest BCUT2D eigenvalue weighted by atomic mass is 16.3. The van der Waals surface area contributed by atoms with Gasteiger partial charge in [-0.3, -0.25) is 9.91 Å². The summed E-state index contributed by atoms with van der Waals surface area (Å²) in [6.07, 6.45) is 1.85. The first-order valence-electron chi connectivity index (χ1n) is 7.64. The second-order valence-corrected chi connectivity index (χ2v) is 5.55. The summed E-state index contributed by atoms with van der Waals surface area (Å²) < 4.78 is 0. The lowest BCUT2D eigenvalue weighted by Crippen LogP contribution is -2.43. The van der Waals surface area contributed by atoms with E-state index in [1.54, 1.807) is 12.1 Å². The minimum absolute atomic E-state index is 0.284. The minimum atomic E-state index is 0.284. The first-order valence-corrected chi connectivity index (χ1v) is 7.64. The molecule has 1 saturated heterocycles. The maximum Gasteiger partial charge on any atom is 0.115 e. The molecule has 4 nitrogen and oxygen atoms in total. The number of piperazine rings is 1. The van der Waals surface area contributed by atoms with Crippen LogP contribution in [0.1, 0.15) is 11.1 Å². The molecule has 0 atom stereocenters. The Balaban J connectivity index is 1.48. The van der Waals surface area contributed by atoms with Crippen LogP contribution in [0.15, 0.2) is 59.7 Å². The Morgan fingerprint density at radius 3 is 2.27 bits per heavy atom. The summed E-state index contributed by atoms with van der Waals surface area (Å²) >= 11 is 0. The van der Waals surface area contributed by atoms with Gasteiger partial charge < -0.3 is 5.11 Å². The van der Waals surface area contributed by atoms with Crippen molar-refractivity contribution in [3.05, 3.63) is 65.7 Å². The van der Waals surface area contributed by atoms with Gasteiger partial charge in [-0.2, -0.15) is 5.10 Å². The van der Waals surface area contributed by atoms with Crippen molar-refractivity contribution in [3.63, 3.8) is 0 Å². The van der Waals surface area contributed by atoms with Gasteiger partial charge >= 0.3 is 0 Å². The highest BCUT2D eigenvalue weighted by Gasteiger charge is 2.15. The van der Waals surface area contributed by atoms with Crippen molar-refractivity contribution in [1.29, 1.82) is 0 Å². The van der Waals surface area contributed by atoms with Gasteiger partial charge in [-0.25, -0.2) is 0 Å². The van der Waals surface area contributed by atoms with Gasteiger partial charge in [0.15, 0.2) is 0 Å². The van der Waals surface area contributed by atoms with E-state index in [1.165, 1.54) is 5.56 Å². The van der Waals surface area contributed by atoms with Crippen LogP contribution in [0.4, 0.5) is 0 Å². The van der Waals surface area contributed by atoms with Gasteiger partial charge in [0.05, 0.1) is 6.21 Å². The largest absolute Gasteiger partial charge is 0.508 e. The summed E-state index contributed by atoms with van der Waals surface area (Å²) in [5.74, 6) is 0.284. The molecule has 1 N–H and O–H groups in total. The van der Waals surface area contributed by atoms with E-state index in [4.69, 9.17) is 0 Å². The number of nitrogens with zero attached hydrogens (tertiary/aromatic N) is 3. The lowest BCUT2D eigenvalue weighted by atomic mass is 10.2. The molecule has 114 valence electrons. The van der Waals surface area contributed by atoms with Crippen molar-refractivity contribution in [3.8, 4) is 5.75 Å². The molecule has 0 aliphatic carbocycles. The predicted molar refractivity (Wildman–Crippen MR) is 89.0 cm³/mol. The monoisotopic (exact) mass is 295 g/mol. The lowest BCUT2D eigenvalue weighted by molar-refractivity contribution is 0.131. The molecule has 0 radical (unpaired) electrons. The zero-order chi connectivity index (χ0) is 15.2. The smallest absolute Gasteiger partial charge is 0.115 e. The number of hydrogen-bond acceptors (Lipinski definition) is 4. The lowest BCUT2D eigenvalue weighted by Gasteiger charge is -2.33. The van der Waals surface area contributed by atoms with Crippen molar-refractivity contribution in [2.45, 2.75) is 6.54 Å². The average Bonchev–Trinajstić information content (AvgIpc) is 2.57. The van der Waals surface area contributed by atoms with E-state index in [2.05, 4.69) is 45.3 Å². The normalized spacial score (nSPS) is 16.3. The minimum Gasteiger partial charge on any atom is -0.508 e. The van der Waals surface area contributed by atoms with E-state index >= 15 is 0 Å². The fourth-order valence-electron chi connectivity index (χ4n) is 2.56. The molecule has 4 heteroatoms. The zero-order valence-corrected chi connectivity index (χ0v) is 12.6. The molecule has 0 bridgehead atoms. The number of aromatic hydroxyl groups is 1. The molecule has 1 aliphatic rings. The zero-order valence-electron chi connectivity index (χ0n) is 12.6. The molecule has 3 rings (SSSR count). The number of phenolic OH excluding ortho intramolecular Hbond substituents is 1. The van der Waals surface area contributed by atoms with Crippen molar-refractivity contribution >= 4 is 6.21 Å². The second kappa shape index (κ2) is 7.09. The summed E-state index contributed by atoms with van der Waals surface area (Å²) in [6.45, 7) is 4.96. The van der Waals surface area contributed by atoms with Crippen LogP contribution in [0.2, 0.25) is 0 Å². The third kappa shape index (κ3) is 4.09. The Morgan fingerprint density at radius 2 is 1.59 bits per heavy atom. The summed E-state index contributed by atoms with van der Waals surface area (Å²) in [5.41, 5.74) is 2.37. The first kappa shape index (κ1) is 14.6. The molecule has 1 aliphatic heterocycles. The average molecular weight is 295 g/mol. The Kier molecular flexibility index (Phi) is 4.71. The van der Waals surface area contributed by atoms with E-state index in [0.717, 1.165) is 38.3 Å². The van der Waals surface area contributed by atoms with Gasteiger partial charge in [0.2, 0.25) is 0 Å². The predicted octanol–water partition coefficient (Wildman–Crippen LogP) is 2.54. The van der Waals surface area contributed by atoms with E-state index in [0.29, 0.717) is 0 Å². The van der Waals surface area contributed by atoms with Gasteiger partial charge in [0.1, 0.15) is 5.75 Å². The molecule has 0 aromatic heterocycles. The molecule has 0 spiro atoms. The standard InChI is InChI=1S/C18H21N3O/c22-18-8-6-16(7-9-18)14-19-21-12-10-20(11-13-21)15-17-4-2-1-3-5-17/h1-9,14,22H,10-13,15H2/b19-14-. The number of hydrazone groups is 1. The van der Waals surface area contributed by atoms with E-state index < -0.39 is 0 Å². The van der Waals surface area contributed by atoms with E-state index in [-0.39, 0.29) is 5.75 Å². The maximum absolute atomic E-state index is 9.26. The van der Waals surface area contributed by atoms with Crippen LogP contribution in [0, 0.1) is 0 Å². The molecule has 1 fully saturated rings. The van der Waals surface area contributed by atoms with Crippen molar-refractivity contribution < 1.29 is 5.11 Å². The number of benzene rings is 2. The van der Waals surface area contributed by atoms with Crippen LogP contribution < -0.4 is 0 Å². The van der Waals surface area contributed by atoms with Crippen LogP contribution in [0.5, 0.6) is 5.75 Å². The van der Waals surface area contributed by atoms with Crippen LogP contribution in [-0.4, -0.2) is 47.4 Å². The summed E-state index contributed by atoms with van der Waals surface area (Å²) in [7, 11) is 0. The Hall–Kier alpha value is -2.33. The molecule has 0 amide bonds. The summed E-state index contributed by atoms with van der Waals surface area (Å²) in [4.78, 5) is 2.46. The van der Waals surface area contributed by atoms with Crippen LogP contribution in [0.25, 0.3) is 0 Å². The highest BCUT2D eigenvalue weighted by Crippen LogP contribution is 2.10. The highest BCUT2D eigenvalue weighted by molar-refractivity contribution is 5.79. The third-order valence-corrected chi connectivity index (χ3v) is 3.86. The van der Waals surface area contributed by atoms with Crippen molar-refractivity contribution in [2.24, 2.45) is 5.10 Å². The first-order chi connectivity index (χ1) is 10.8. The van der Waals surface area contributed by atoms with Gasteiger partial charge in [0.25, 0.3) is 0 Å². The van der Waals surface area contributed by atoms with Crippen LogP contribution in [0.3, 0.4) is 0 Å². The molecular weight excluding hydrogens is 274 g/mol. The second-order valence-electron chi connectivity index (χ2n) is 5.55. The van der Waals surface area contributed by atoms with Gasteiger partial charge in [-0.05, 0) is 35.4 Å². The molecule has 0 unspecified atom stereocenters. The van der Waals surface area contributed by atoms with E-state index in [9.17, 15) is 5.11 Å².